The second-order valence-electron chi connectivity index (χ2n) is 6.82. The third-order valence-corrected chi connectivity index (χ3v) is 4.71. The smallest absolute Gasteiger partial charge is 0.131 e. The van der Waals surface area contributed by atoms with Gasteiger partial charge in [0.05, 0.1) is 12.8 Å². The predicted molar refractivity (Wildman–Crippen MR) is 96.1 cm³/mol. The van der Waals surface area contributed by atoms with Crippen molar-refractivity contribution in [1.82, 2.24) is 14.9 Å². The second-order valence-corrected chi connectivity index (χ2v) is 6.82. The number of hydrogen-bond donors (Lipinski definition) is 0. The number of benzene rings is 1. The summed E-state index contributed by atoms with van der Waals surface area (Å²) in [4.78, 5) is 11.7. The van der Waals surface area contributed by atoms with Crippen LogP contribution in [0.1, 0.15) is 62.2 Å². The molecule has 128 valence electrons. The normalized spacial score (nSPS) is 18.8. The number of likely N-dealkylation sites (tertiary alicyclic amines) is 1. The maximum absolute atomic E-state index is 5.40. The largest absolute Gasteiger partial charge is 0.497 e. The molecule has 1 aromatic carbocycles. The van der Waals surface area contributed by atoms with Crippen LogP contribution in [0.2, 0.25) is 0 Å². The fourth-order valence-corrected chi connectivity index (χ4v) is 3.39. The van der Waals surface area contributed by atoms with Crippen molar-refractivity contribution in [3.63, 3.8) is 0 Å². The van der Waals surface area contributed by atoms with E-state index in [1.165, 1.54) is 24.8 Å². The molecule has 1 fully saturated rings. The molecule has 1 aromatic heterocycles. The van der Waals surface area contributed by atoms with Crippen LogP contribution >= 0.6 is 0 Å². The summed E-state index contributed by atoms with van der Waals surface area (Å²) in [6.07, 6.45) is 5.61. The highest BCUT2D eigenvalue weighted by Crippen LogP contribution is 2.33. The predicted octanol–water partition coefficient (Wildman–Crippen LogP) is 4.34. The number of ether oxygens (including phenoxy) is 1. The Balaban J connectivity index is 1.80. The molecular weight excluding hydrogens is 298 g/mol. The van der Waals surface area contributed by atoms with E-state index in [1.807, 2.05) is 18.3 Å². The summed E-state index contributed by atoms with van der Waals surface area (Å²) in [5, 5.41) is 0. The Morgan fingerprint density at radius 2 is 2.12 bits per heavy atom. The Labute approximate surface area is 144 Å². The van der Waals surface area contributed by atoms with E-state index in [0.29, 0.717) is 12.0 Å². The van der Waals surface area contributed by atoms with Gasteiger partial charge in [-0.05, 0) is 43.1 Å². The summed E-state index contributed by atoms with van der Waals surface area (Å²) in [6.45, 7) is 6.27. The topological polar surface area (TPSA) is 38.2 Å². The van der Waals surface area contributed by atoms with Gasteiger partial charge in [0.2, 0.25) is 0 Å². The highest BCUT2D eigenvalue weighted by molar-refractivity contribution is 5.31. The lowest BCUT2D eigenvalue weighted by Gasteiger charge is -2.36. The first-order valence-corrected chi connectivity index (χ1v) is 8.87. The molecule has 4 heteroatoms. The van der Waals surface area contributed by atoms with Gasteiger partial charge in [-0.15, -0.1) is 0 Å². The van der Waals surface area contributed by atoms with Gasteiger partial charge >= 0.3 is 0 Å². The summed E-state index contributed by atoms with van der Waals surface area (Å²) in [5.41, 5.74) is 2.45. The van der Waals surface area contributed by atoms with Gasteiger partial charge in [0.25, 0.3) is 0 Å². The summed E-state index contributed by atoms with van der Waals surface area (Å²) in [5.74, 6) is 2.23. The molecule has 1 atom stereocenters. The molecule has 4 nitrogen and oxygen atoms in total. The maximum atomic E-state index is 5.40. The first-order valence-electron chi connectivity index (χ1n) is 8.87. The van der Waals surface area contributed by atoms with Gasteiger partial charge in [0.15, 0.2) is 0 Å². The molecule has 24 heavy (non-hydrogen) atoms. The van der Waals surface area contributed by atoms with Crippen LogP contribution in [0.25, 0.3) is 0 Å². The molecule has 1 aliphatic rings. The number of methoxy groups -OCH3 is 1. The van der Waals surface area contributed by atoms with Crippen LogP contribution in [-0.4, -0.2) is 28.5 Å². The molecule has 2 heterocycles. The van der Waals surface area contributed by atoms with Crippen LogP contribution in [-0.2, 0) is 6.54 Å². The van der Waals surface area contributed by atoms with E-state index < -0.39 is 0 Å². The van der Waals surface area contributed by atoms with Crippen molar-refractivity contribution < 1.29 is 4.74 Å². The molecule has 3 rings (SSSR count). The van der Waals surface area contributed by atoms with E-state index in [-0.39, 0.29) is 0 Å². The molecule has 0 unspecified atom stereocenters. The molecule has 0 spiro atoms. The Morgan fingerprint density at radius 1 is 1.25 bits per heavy atom. The zero-order chi connectivity index (χ0) is 16.9. The molecule has 1 saturated heterocycles. The van der Waals surface area contributed by atoms with Crippen molar-refractivity contribution >= 4 is 0 Å². The van der Waals surface area contributed by atoms with E-state index in [4.69, 9.17) is 9.72 Å². The van der Waals surface area contributed by atoms with Crippen molar-refractivity contribution in [1.29, 1.82) is 0 Å². The van der Waals surface area contributed by atoms with Crippen LogP contribution < -0.4 is 4.74 Å². The highest BCUT2D eigenvalue weighted by atomic mass is 16.5. The molecular formula is C20H27N3O. The standard InChI is InChI=1S/C20H27N3O/c1-15(2)20-21-11-10-17(22-20)14-23-12-5-4-9-19(23)16-7-6-8-18(13-16)24-3/h6-8,10-11,13,15,19H,4-5,9,12,14H2,1-3H3/t19-/m0/s1. The quantitative estimate of drug-likeness (QED) is 0.820. The van der Waals surface area contributed by atoms with Crippen LogP contribution in [0.15, 0.2) is 36.5 Å². The Bertz CT molecular complexity index is 671. The lowest BCUT2D eigenvalue weighted by Crippen LogP contribution is -2.33. The number of hydrogen-bond acceptors (Lipinski definition) is 4. The first kappa shape index (κ1) is 16.9. The number of piperidine rings is 1. The Kier molecular flexibility index (Phi) is 5.46. The monoisotopic (exact) mass is 325 g/mol. The maximum Gasteiger partial charge on any atom is 0.131 e. The van der Waals surface area contributed by atoms with Crippen molar-refractivity contribution in [2.24, 2.45) is 0 Å². The van der Waals surface area contributed by atoms with Crippen LogP contribution in [0.5, 0.6) is 5.75 Å². The van der Waals surface area contributed by atoms with Crippen molar-refractivity contribution in [2.75, 3.05) is 13.7 Å². The van der Waals surface area contributed by atoms with Gasteiger partial charge in [-0.2, -0.15) is 0 Å². The summed E-state index contributed by atoms with van der Waals surface area (Å²) < 4.78 is 5.40. The molecule has 2 aromatic rings. The van der Waals surface area contributed by atoms with Crippen LogP contribution in [0, 0.1) is 0 Å². The van der Waals surface area contributed by atoms with E-state index in [2.05, 4.69) is 41.9 Å². The fourth-order valence-electron chi connectivity index (χ4n) is 3.39. The molecule has 0 bridgehead atoms. The van der Waals surface area contributed by atoms with E-state index in [0.717, 1.165) is 30.4 Å². The van der Waals surface area contributed by atoms with E-state index in [1.54, 1.807) is 7.11 Å². The van der Waals surface area contributed by atoms with Gasteiger partial charge < -0.3 is 4.74 Å². The Morgan fingerprint density at radius 3 is 2.92 bits per heavy atom. The molecule has 0 saturated carbocycles. The minimum Gasteiger partial charge on any atom is -0.497 e. The zero-order valence-electron chi connectivity index (χ0n) is 14.9. The van der Waals surface area contributed by atoms with Gasteiger partial charge in [0, 0.05) is 24.7 Å². The summed E-state index contributed by atoms with van der Waals surface area (Å²) in [7, 11) is 1.73. The van der Waals surface area contributed by atoms with Gasteiger partial charge in [-0.25, -0.2) is 9.97 Å². The van der Waals surface area contributed by atoms with Crippen molar-refractivity contribution in [3.8, 4) is 5.75 Å². The fraction of sp³-hybridized carbons (Fsp3) is 0.500. The third-order valence-electron chi connectivity index (χ3n) is 4.71. The highest BCUT2D eigenvalue weighted by Gasteiger charge is 2.24. The average molecular weight is 325 g/mol. The summed E-state index contributed by atoms with van der Waals surface area (Å²) >= 11 is 0. The minimum absolute atomic E-state index is 0.362. The lowest BCUT2D eigenvalue weighted by atomic mass is 9.95. The van der Waals surface area contributed by atoms with Gasteiger partial charge in [0.1, 0.15) is 11.6 Å². The molecule has 0 aliphatic carbocycles. The SMILES string of the molecule is COc1cccc([C@@H]2CCCCN2Cc2ccnc(C(C)C)n2)c1. The number of aromatic nitrogens is 2. The van der Waals surface area contributed by atoms with Crippen molar-refractivity contribution in [3.05, 3.63) is 53.6 Å². The van der Waals surface area contributed by atoms with Gasteiger partial charge in [-0.1, -0.05) is 32.4 Å². The van der Waals surface area contributed by atoms with E-state index in [9.17, 15) is 0 Å². The van der Waals surface area contributed by atoms with Crippen molar-refractivity contribution in [2.45, 2.75) is 51.6 Å². The zero-order valence-corrected chi connectivity index (χ0v) is 14.9. The molecule has 0 N–H and O–H groups in total. The van der Waals surface area contributed by atoms with Crippen LogP contribution in [0.3, 0.4) is 0 Å². The van der Waals surface area contributed by atoms with Crippen LogP contribution in [0.4, 0.5) is 0 Å². The average Bonchev–Trinajstić information content (AvgIpc) is 2.62. The Hall–Kier alpha value is -1.94. The summed E-state index contributed by atoms with van der Waals surface area (Å²) in [6, 6.07) is 11.0. The molecule has 0 amide bonds. The van der Waals surface area contributed by atoms with E-state index >= 15 is 0 Å². The molecule has 1 aliphatic heterocycles. The minimum atomic E-state index is 0.362. The number of rotatable bonds is 5. The third kappa shape index (κ3) is 3.93. The second kappa shape index (κ2) is 7.75. The molecule has 0 radical (unpaired) electrons. The lowest BCUT2D eigenvalue weighted by molar-refractivity contribution is 0.138. The first-order chi connectivity index (χ1) is 11.7. The van der Waals surface area contributed by atoms with Gasteiger partial charge in [-0.3, -0.25) is 4.90 Å². The number of nitrogens with zero attached hydrogens (tertiary/aromatic N) is 3.